The molecule has 0 aliphatic carbocycles. The fraction of sp³-hybridized carbons (Fsp3) is 0.152. The van der Waals surface area contributed by atoms with Crippen LogP contribution in [0.15, 0.2) is 119 Å². The van der Waals surface area contributed by atoms with Gasteiger partial charge in [0.05, 0.1) is 36.4 Å². The molecule has 0 bridgehead atoms. The average molecular weight is 583 g/mol. The van der Waals surface area contributed by atoms with E-state index in [2.05, 4.69) is 0 Å². The third-order valence-electron chi connectivity index (χ3n) is 7.13. The standard InChI is InChI=1S/C33H30N2O6S/c1-22-13-17-25(18-14-22)27-11-8-12-28-30(32(36)40-3)31(33(37)41-4)34(42(38,39)26-19-15-23(2)16-20-26)21-29(35(27)28)24-9-6-5-7-10-24/h5-21,28H,1-4H3. The summed E-state index contributed by atoms with van der Waals surface area (Å²) in [6, 6.07) is 22.4. The molecule has 9 heteroatoms. The Labute approximate surface area is 245 Å². The molecule has 1 unspecified atom stereocenters. The van der Waals surface area contributed by atoms with Crippen LogP contribution in [0.25, 0.3) is 11.4 Å². The molecule has 3 aromatic carbocycles. The molecule has 214 valence electrons. The van der Waals surface area contributed by atoms with Crippen LogP contribution in [0.4, 0.5) is 0 Å². The van der Waals surface area contributed by atoms with Gasteiger partial charge in [0.1, 0.15) is 0 Å². The number of aryl methyl sites for hydroxylation is 2. The Morgan fingerprint density at radius 3 is 1.90 bits per heavy atom. The summed E-state index contributed by atoms with van der Waals surface area (Å²) in [5, 5.41) is 0. The van der Waals surface area contributed by atoms with E-state index in [1.165, 1.54) is 25.4 Å². The van der Waals surface area contributed by atoms with Crippen molar-refractivity contribution in [2.75, 3.05) is 14.2 Å². The topological polar surface area (TPSA) is 93.2 Å². The maximum atomic E-state index is 14.3. The van der Waals surface area contributed by atoms with Gasteiger partial charge in [-0.3, -0.25) is 0 Å². The van der Waals surface area contributed by atoms with Crippen LogP contribution in [0.1, 0.15) is 22.3 Å². The third-order valence-corrected chi connectivity index (χ3v) is 8.81. The summed E-state index contributed by atoms with van der Waals surface area (Å²) in [4.78, 5) is 28.9. The normalized spacial score (nSPS) is 16.7. The summed E-state index contributed by atoms with van der Waals surface area (Å²) >= 11 is 0. The molecule has 5 rings (SSSR count). The molecule has 42 heavy (non-hydrogen) atoms. The number of hydrogen-bond donors (Lipinski definition) is 0. The first-order valence-corrected chi connectivity index (χ1v) is 14.6. The second kappa shape index (κ2) is 11.5. The van der Waals surface area contributed by atoms with Crippen LogP contribution >= 0.6 is 0 Å². The van der Waals surface area contributed by atoms with Crippen molar-refractivity contribution in [1.82, 2.24) is 9.21 Å². The summed E-state index contributed by atoms with van der Waals surface area (Å²) < 4.78 is 39.8. The van der Waals surface area contributed by atoms with Crippen molar-refractivity contribution in [2.45, 2.75) is 24.8 Å². The zero-order chi connectivity index (χ0) is 30.0. The molecule has 0 saturated heterocycles. The number of ether oxygens (including phenoxy) is 2. The number of carbonyl (C=O) groups excluding carboxylic acids is 2. The number of rotatable bonds is 6. The maximum Gasteiger partial charge on any atom is 0.356 e. The zero-order valence-electron chi connectivity index (χ0n) is 23.6. The van der Waals surface area contributed by atoms with Gasteiger partial charge in [-0.15, -0.1) is 0 Å². The van der Waals surface area contributed by atoms with Crippen molar-refractivity contribution >= 4 is 33.4 Å². The summed E-state index contributed by atoms with van der Waals surface area (Å²) in [5.74, 6) is -1.87. The first kappa shape index (κ1) is 28.6. The number of carbonyl (C=O) groups is 2. The van der Waals surface area contributed by atoms with Crippen molar-refractivity contribution in [1.29, 1.82) is 0 Å². The second-order valence-electron chi connectivity index (χ2n) is 9.86. The summed E-state index contributed by atoms with van der Waals surface area (Å²) in [7, 11) is -2.11. The minimum atomic E-state index is -4.43. The number of benzene rings is 3. The van der Waals surface area contributed by atoms with Crippen LogP contribution in [0.3, 0.4) is 0 Å². The van der Waals surface area contributed by atoms with Crippen LogP contribution in [-0.4, -0.2) is 49.8 Å². The monoisotopic (exact) mass is 582 g/mol. The van der Waals surface area contributed by atoms with Gasteiger partial charge in [-0.25, -0.2) is 22.3 Å². The Hall–Kier alpha value is -4.89. The molecule has 0 saturated carbocycles. The quantitative estimate of drug-likeness (QED) is 0.370. The van der Waals surface area contributed by atoms with Gasteiger partial charge in [-0.2, -0.15) is 0 Å². The van der Waals surface area contributed by atoms with E-state index in [0.29, 0.717) is 17.0 Å². The lowest BCUT2D eigenvalue weighted by atomic mass is 9.95. The lowest BCUT2D eigenvalue weighted by Gasteiger charge is -2.37. The molecule has 2 aliphatic heterocycles. The van der Waals surface area contributed by atoms with Crippen LogP contribution in [-0.2, 0) is 29.1 Å². The molecular weight excluding hydrogens is 552 g/mol. The zero-order valence-corrected chi connectivity index (χ0v) is 24.5. The molecule has 0 amide bonds. The Balaban J connectivity index is 1.88. The molecule has 3 aromatic rings. The highest BCUT2D eigenvalue weighted by Gasteiger charge is 2.44. The molecule has 0 N–H and O–H groups in total. The molecule has 0 radical (unpaired) electrons. The smallest absolute Gasteiger partial charge is 0.356 e. The lowest BCUT2D eigenvalue weighted by molar-refractivity contribution is -0.140. The SMILES string of the molecule is COC(=O)C1=C(C(=O)OC)N(S(=O)(=O)c2ccc(C)cc2)C=C(c2ccccc2)N2C(c3ccc(C)cc3)=CC=CC12. The van der Waals surface area contributed by atoms with E-state index in [4.69, 9.17) is 9.47 Å². The van der Waals surface area contributed by atoms with Gasteiger partial charge in [0.15, 0.2) is 5.70 Å². The van der Waals surface area contributed by atoms with Crippen LogP contribution in [0.5, 0.6) is 0 Å². The fourth-order valence-corrected chi connectivity index (χ4v) is 6.35. The van der Waals surface area contributed by atoms with E-state index >= 15 is 0 Å². The molecule has 2 heterocycles. The number of allylic oxidation sites excluding steroid dienone is 2. The van der Waals surface area contributed by atoms with Crippen molar-refractivity contribution in [2.24, 2.45) is 0 Å². The maximum absolute atomic E-state index is 14.3. The molecule has 0 aromatic heterocycles. The third kappa shape index (κ3) is 5.14. The largest absolute Gasteiger partial charge is 0.466 e. The van der Waals surface area contributed by atoms with E-state index in [0.717, 1.165) is 28.1 Å². The van der Waals surface area contributed by atoms with E-state index in [1.807, 2.05) is 79.4 Å². The molecule has 1 atom stereocenters. The van der Waals surface area contributed by atoms with Crippen LogP contribution in [0.2, 0.25) is 0 Å². The van der Waals surface area contributed by atoms with Gasteiger partial charge < -0.3 is 14.4 Å². The highest BCUT2D eigenvalue weighted by atomic mass is 32.2. The fourth-order valence-electron chi connectivity index (χ4n) is 4.99. The highest BCUT2D eigenvalue weighted by Crippen LogP contribution is 2.42. The summed E-state index contributed by atoms with van der Waals surface area (Å²) in [5.41, 5.74) is 3.91. The second-order valence-corrected chi connectivity index (χ2v) is 11.7. The molecule has 2 aliphatic rings. The van der Waals surface area contributed by atoms with E-state index < -0.39 is 33.7 Å². The Morgan fingerprint density at radius 2 is 1.31 bits per heavy atom. The predicted octanol–water partition coefficient (Wildman–Crippen LogP) is 5.19. The first-order chi connectivity index (χ1) is 20.2. The number of nitrogens with zero attached hydrogens (tertiary/aromatic N) is 2. The molecule has 8 nitrogen and oxygen atoms in total. The van der Waals surface area contributed by atoms with Gasteiger partial charge in [0.2, 0.25) is 0 Å². The highest BCUT2D eigenvalue weighted by molar-refractivity contribution is 7.89. The Bertz CT molecular complexity index is 1750. The lowest BCUT2D eigenvalue weighted by Crippen LogP contribution is -2.38. The van der Waals surface area contributed by atoms with E-state index in [9.17, 15) is 18.0 Å². The van der Waals surface area contributed by atoms with Gasteiger partial charge in [0, 0.05) is 11.9 Å². The average Bonchev–Trinajstić information content (AvgIpc) is 3.17. The van der Waals surface area contributed by atoms with Crippen molar-refractivity contribution in [3.05, 3.63) is 137 Å². The van der Waals surface area contributed by atoms with Crippen LogP contribution in [0, 0.1) is 13.8 Å². The minimum absolute atomic E-state index is 0.0629. The van der Waals surface area contributed by atoms with E-state index in [1.54, 1.807) is 24.3 Å². The molecular formula is C33H30N2O6S. The van der Waals surface area contributed by atoms with Crippen molar-refractivity contribution in [3.63, 3.8) is 0 Å². The number of sulfonamides is 1. The van der Waals surface area contributed by atoms with Crippen LogP contribution < -0.4 is 0 Å². The number of methoxy groups -OCH3 is 2. The summed E-state index contributed by atoms with van der Waals surface area (Å²) in [6.45, 7) is 3.83. The van der Waals surface area contributed by atoms with Gasteiger partial charge in [-0.1, -0.05) is 90.0 Å². The Morgan fingerprint density at radius 1 is 0.738 bits per heavy atom. The number of hydrogen-bond acceptors (Lipinski definition) is 7. The van der Waals surface area contributed by atoms with Crippen molar-refractivity contribution < 1.29 is 27.5 Å². The van der Waals surface area contributed by atoms with Crippen molar-refractivity contribution in [3.8, 4) is 0 Å². The Kier molecular flexibility index (Phi) is 7.87. The van der Waals surface area contributed by atoms with Gasteiger partial charge in [-0.05, 0) is 43.2 Å². The van der Waals surface area contributed by atoms with Gasteiger partial charge in [0.25, 0.3) is 10.0 Å². The molecule has 0 spiro atoms. The first-order valence-electron chi connectivity index (χ1n) is 13.2. The predicted molar refractivity (Wildman–Crippen MR) is 160 cm³/mol. The number of fused-ring (bicyclic) bond motifs is 1. The number of esters is 2. The van der Waals surface area contributed by atoms with Gasteiger partial charge >= 0.3 is 11.9 Å². The summed E-state index contributed by atoms with van der Waals surface area (Å²) in [6.07, 6.45) is 6.77. The minimum Gasteiger partial charge on any atom is -0.466 e. The molecule has 0 fully saturated rings. The van der Waals surface area contributed by atoms with E-state index in [-0.39, 0.29) is 10.5 Å².